The molecule has 0 aromatic carbocycles. The van der Waals surface area contributed by atoms with Gasteiger partial charge in [-0.15, -0.1) is 0 Å². The van der Waals surface area contributed by atoms with Gasteiger partial charge in [-0.1, -0.05) is 150 Å². The standard InChI is InChI=1S/C49H81O14P/c1-3-5-7-9-11-12-13-14-15-16-17-21-24-28-32-36-42(51)60-38-41(39-61-64(58,59)63-49-47(56)45(54)44(53)46(55)48(49)57)62-43(52)37-33-29-25-22-19-18-20-23-27-31-35-40(50)34-30-26-10-8-6-4-2/h6,8,14-15,18-19,23,25-27,29-31,35,40-41,44-50,53-57H,3-5,7,9-13,16-17,20-22,24,28,32-34,36-39H2,1-2H3,(H,58,59)/b8-6-,15-14-,19-18-,27-23-,29-25-,30-26-,35-31+/t40?,41-,44?,45-,46+,47-,48-,49?/m1/s1. The molecule has 0 amide bonds. The zero-order valence-electron chi connectivity index (χ0n) is 38.4. The molecule has 366 valence electrons. The Kier molecular flexibility index (Phi) is 35.2. The molecule has 64 heavy (non-hydrogen) atoms. The molecule has 1 rings (SSSR count). The lowest BCUT2D eigenvalue weighted by Crippen LogP contribution is -2.64. The lowest BCUT2D eigenvalue weighted by Gasteiger charge is -2.41. The molecule has 0 heterocycles. The van der Waals surface area contributed by atoms with Gasteiger partial charge in [0.05, 0.1) is 12.7 Å². The highest BCUT2D eigenvalue weighted by Gasteiger charge is 2.51. The van der Waals surface area contributed by atoms with Crippen molar-refractivity contribution in [2.75, 3.05) is 13.2 Å². The minimum absolute atomic E-state index is 0.0575. The summed E-state index contributed by atoms with van der Waals surface area (Å²) < 4.78 is 33.4. The molecule has 9 atom stereocenters. The van der Waals surface area contributed by atoms with Crippen LogP contribution >= 0.6 is 7.82 Å². The van der Waals surface area contributed by atoms with Crippen LogP contribution in [0.2, 0.25) is 0 Å². The predicted molar refractivity (Wildman–Crippen MR) is 250 cm³/mol. The Morgan fingerprint density at radius 1 is 0.578 bits per heavy atom. The van der Waals surface area contributed by atoms with Crippen LogP contribution in [0.15, 0.2) is 85.1 Å². The molecule has 0 aromatic rings. The highest BCUT2D eigenvalue weighted by molar-refractivity contribution is 7.47. The minimum Gasteiger partial charge on any atom is -0.462 e. The van der Waals surface area contributed by atoms with Gasteiger partial charge >= 0.3 is 19.8 Å². The van der Waals surface area contributed by atoms with Crippen molar-refractivity contribution in [3.63, 3.8) is 0 Å². The third kappa shape index (κ3) is 30.2. The van der Waals surface area contributed by atoms with E-state index >= 15 is 0 Å². The second-order valence-electron chi connectivity index (χ2n) is 16.1. The molecule has 1 aliphatic carbocycles. The fourth-order valence-corrected chi connectivity index (χ4v) is 7.48. The SMILES string of the molecule is CC/C=C\C/C=C\CC(O)/C=C/C=C\C/C=C\C/C=C\CCC(=O)O[C@H](COC(=O)CCCCCCC/C=C\CCCCCCCC)COP(=O)(O)OC1[C@H](O)[C@H](O)C(O)[C@H](O)[C@H]1O. The van der Waals surface area contributed by atoms with Gasteiger partial charge in [-0.25, -0.2) is 4.57 Å². The van der Waals surface area contributed by atoms with Gasteiger partial charge in [0.25, 0.3) is 0 Å². The smallest absolute Gasteiger partial charge is 0.462 e. The van der Waals surface area contributed by atoms with Gasteiger partial charge in [0, 0.05) is 12.8 Å². The van der Waals surface area contributed by atoms with E-state index in [2.05, 4.69) is 38.2 Å². The van der Waals surface area contributed by atoms with Crippen LogP contribution in [0.5, 0.6) is 0 Å². The monoisotopic (exact) mass is 925 g/mol. The van der Waals surface area contributed by atoms with E-state index in [1.165, 1.54) is 38.5 Å². The number of hydrogen-bond donors (Lipinski definition) is 7. The van der Waals surface area contributed by atoms with Gasteiger partial charge in [-0.3, -0.25) is 18.6 Å². The minimum atomic E-state index is -5.16. The van der Waals surface area contributed by atoms with E-state index in [1.54, 1.807) is 12.2 Å². The Labute approximate surface area is 382 Å². The van der Waals surface area contributed by atoms with Crippen molar-refractivity contribution in [3.05, 3.63) is 85.1 Å². The molecule has 7 N–H and O–H groups in total. The third-order valence-electron chi connectivity index (χ3n) is 10.3. The maximum atomic E-state index is 12.8. The fraction of sp³-hybridized carbons (Fsp3) is 0.673. The summed E-state index contributed by atoms with van der Waals surface area (Å²) in [5.74, 6) is -1.24. The molecule has 0 aromatic heterocycles. The van der Waals surface area contributed by atoms with E-state index < -0.39 is 81.8 Å². The number of rotatable bonds is 37. The van der Waals surface area contributed by atoms with Gasteiger partial charge in [0.1, 0.15) is 43.2 Å². The molecule has 0 radical (unpaired) electrons. The number of aliphatic hydroxyl groups is 6. The van der Waals surface area contributed by atoms with Gasteiger partial charge in [0.2, 0.25) is 0 Å². The number of phosphoric acid groups is 1. The number of allylic oxidation sites excluding steroid dienone is 12. The van der Waals surface area contributed by atoms with E-state index in [9.17, 15) is 49.7 Å². The summed E-state index contributed by atoms with van der Waals surface area (Å²) in [5, 5.41) is 60.2. The predicted octanol–water partition coefficient (Wildman–Crippen LogP) is 8.25. The molecule has 1 aliphatic rings. The van der Waals surface area contributed by atoms with Crippen LogP contribution in [0.3, 0.4) is 0 Å². The normalized spacial score (nSPS) is 22.8. The van der Waals surface area contributed by atoms with Crippen LogP contribution in [-0.2, 0) is 32.7 Å². The molecular weight excluding hydrogens is 843 g/mol. The second-order valence-corrected chi connectivity index (χ2v) is 17.5. The maximum absolute atomic E-state index is 12.8. The van der Waals surface area contributed by atoms with Crippen molar-refractivity contribution >= 4 is 19.8 Å². The van der Waals surface area contributed by atoms with E-state index in [0.717, 1.165) is 51.4 Å². The molecule has 0 saturated heterocycles. The van der Waals surface area contributed by atoms with Crippen molar-refractivity contribution in [2.24, 2.45) is 0 Å². The number of carbonyl (C=O) groups excluding carboxylic acids is 2. The summed E-state index contributed by atoms with van der Waals surface area (Å²) in [6.45, 7) is 3.03. The average Bonchev–Trinajstić information content (AvgIpc) is 3.27. The van der Waals surface area contributed by atoms with Crippen molar-refractivity contribution < 1.29 is 68.2 Å². The van der Waals surface area contributed by atoms with Crippen LogP contribution in [0.25, 0.3) is 0 Å². The molecule has 4 unspecified atom stereocenters. The van der Waals surface area contributed by atoms with Gasteiger partial charge in [-0.2, -0.15) is 0 Å². The number of carbonyl (C=O) groups is 2. The molecular formula is C49H81O14P. The fourth-order valence-electron chi connectivity index (χ4n) is 6.51. The lowest BCUT2D eigenvalue weighted by atomic mass is 9.85. The number of hydrogen-bond acceptors (Lipinski definition) is 13. The summed E-state index contributed by atoms with van der Waals surface area (Å²) in [7, 11) is -5.16. The summed E-state index contributed by atoms with van der Waals surface area (Å²) >= 11 is 0. The van der Waals surface area contributed by atoms with Crippen LogP contribution < -0.4 is 0 Å². The van der Waals surface area contributed by atoms with Crippen LogP contribution in [0.1, 0.15) is 149 Å². The Hall–Kier alpha value is -3.01. The van der Waals surface area contributed by atoms with Crippen LogP contribution in [0, 0.1) is 0 Å². The Bertz CT molecular complexity index is 1460. The molecule has 1 saturated carbocycles. The molecule has 0 spiro atoms. The largest absolute Gasteiger partial charge is 0.472 e. The average molecular weight is 925 g/mol. The van der Waals surface area contributed by atoms with E-state index in [0.29, 0.717) is 32.1 Å². The molecule has 14 nitrogen and oxygen atoms in total. The zero-order valence-corrected chi connectivity index (χ0v) is 39.3. The van der Waals surface area contributed by atoms with Crippen LogP contribution in [-0.4, -0.2) is 110 Å². The highest BCUT2D eigenvalue weighted by Crippen LogP contribution is 2.47. The number of ether oxygens (including phenoxy) is 2. The second kappa shape index (κ2) is 38.1. The first kappa shape index (κ1) is 59.0. The summed E-state index contributed by atoms with van der Waals surface area (Å²) in [6.07, 6.45) is 32.4. The quantitative estimate of drug-likeness (QED) is 0.0102. The lowest BCUT2D eigenvalue weighted by molar-refractivity contribution is -0.220. The number of aliphatic hydroxyl groups excluding tert-OH is 6. The first-order chi connectivity index (χ1) is 30.8. The summed E-state index contributed by atoms with van der Waals surface area (Å²) in [5.41, 5.74) is 0. The first-order valence-corrected chi connectivity index (χ1v) is 25.0. The van der Waals surface area contributed by atoms with E-state index in [-0.39, 0.29) is 12.8 Å². The van der Waals surface area contributed by atoms with E-state index in [4.69, 9.17) is 18.5 Å². The van der Waals surface area contributed by atoms with Crippen LogP contribution in [0.4, 0.5) is 0 Å². The maximum Gasteiger partial charge on any atom is 0.472 e. The molecule has 0 aliphatic heterocycles. The Morgan fingerprint density at radius 3 is 1.75 bits per heavy atom. The molecule has 15 heteroatoms. The van der Waals surface area contributed by atoms with Gasteiger partial charge in [0.15, 0.2) is 6.10 Å². The van der Waals surface area contributed by atoms with Crippen molar-refractivity contribution in [2.45, 2.75) is 198 Å². The van der Waals surface area contributed by atoms with Crippen molar-refractivity contribution in [1.29, 1.82) is 0 Å². The van der Waals surface area contributed by atoms with Crippen molar-refractivity contribution in [1.82, 2.24) is 0 Å². The zero-order chi connectivity index (χ0) is 47.3. The number of esters is 2. The van der Waals surface area contributed by atoms with Gasteiger partial charge < -0.3 is 45.0 Å². The molecule has 0 bridgehead atoms. The Morgan fingerprint density at radius 2 is 1.11 bits per heavy atom. The van der Waals surface area contributed by atoms with Gasteiger partial charge in [-0.05, 0) is 70.6 Å². The number of phosphoric ester groups is 1. The third-order valence-corrected chi connectivity index (χ3v) is 11.3. The van der Waals surface area contributed by atoms with Crippen molar-refractivity contribution in [3.8, 4) is 0 Å². The highest BCUT2D eigenvalue weighted by atomic mass is 31.2. The Balaban J connectivity index is 2.55. The summed E-state index contributed by atoms with van der Waals surface area (Å²) in [6, 6.07) is 0. The van der Waals surface area contributed by atoms with E-state index in [1.807, 2.05) is 48.6 Å². The topological polar surface area (TPSA) is 230 Å². The summed E-state index contributed by atoms with van der Waals surface area (Å²) in [4.78, 5) is 35.7. The first-order valence-electron chi connectivity index (χ1n) is 23.5. The number of unbranched alkanes of at least 4 members (excludes halogenated alkanes) is 11. The molecule has 1 fully saturated rings.